The van der Waals surface area contributed by atoms with Gasteiger partial charge in [0, 0.05) is 12.6 Å². The molecule has 100 valence electrons. The standard InChI is InChI=1S/C13H15N3O2S/c14-7-9-2-4-13(12(15)6-9)19(17,18)16-8-10-1-3-11(16)5-10/h2,4,6,10-11H,1,3,5,8,15H2. The number of hydrogen-bond donors (Lipinski definition) is 1. The number of nitrogens with two attached hydrogens (primary N) is 1. The summed E-state index contributed by atoms with van der Waals surface area (Å²) in [5, 5.41) is 8.79. The minimum absolute atomic E-state index is 0.124. The monoisotopic (exact) mass is 277 g/mol. The van der Waals surface area contributed by atoms with Gasteiger partial charge in [-0.3, -0.25) is 0 Å². The Morgan fingerprint density at radius 3 is 2.68 bits per heavy atom. The van der Waals surface area contributed by atoms with E-state index in [1.54, 1.807) is 4.31 Å². The lowest BCUT2D eigenvalue weighted by molar-refractivity contribution is 0.333. The molecule has 2 aliphatic rings. The zero-order valence-corrected chi connectivity index (χ0v) is 11.2. The minimum atomic E-state index is -3.53. The van der Waals surface area contributed by atoms with Gasteiger partial charge in [-0.2, -0.15) is 9.57 Å². The first-order valence-electron chi connectivity index (χ1n) is 6.34. The quantitative estimate of drug-likeness (QED) is 0.826. The van der Waals surface area contributed by atoms with Gasteiger partial charge in [0.25, 0.3) is 0 Å². The maximum Gasteiger partial charge on any atom is 0.245 e. The van der Waals surface area contributed by atoms with Crippen molar-refractivity contribution in [1.29, 1.82) is 5.26 Å². The average Bonchev–Trinajstić information content (AvgIpc) is 3.00. The lowest BCUT2D eigenvalue weighted by atomic mass is 10.1. The number of sulfonamides is 1. The maximum absolute atomic E-state index is 12.6. The predicted molar refractivity (Wildman–Crippen MR) is 70.6 cm³/mol. The second-order valence-electron chi connectivity index (χ2n) is 5.27. The van der Waals surface area contributed by atoms with Gasteiger partial charge in [-0.15, -0.1) is 0 Å². The largest absolute Gasteiger partial charge is 0.398 e. The van der Waals surface area contributed by atoms with Crippen LogP contribution in [0.2, 0.25) is 0 Å². The van der Waals surface area contributed by atoms with Crippen LogP contribution in [-0.4, -0.2) is 25.3 Å². The van der Waals surface area contributed by atoms with Crippen molar-refractivity contribution in [3.05, 3.63) is 23.8 Å². The fourth-order valence-corrected chi connectivity index (χ4v) is 4.99. The zero-order valence-electron chi connectivity index (χ0n) is 10.4. The summed E-state index contributed by atoms with van der Waals surface area (Å²) < 4.78 is 26.8. The lowest BCUT2D eigenvalue weighted by Gasteiger charge is -2.26. The maximum atomic E-state index is 12.6. The van der Waals surface area contributed by atoms with Gasteiger partial charge in [0.05, 0.1) is 17.3 Å². The molecular weight excluding hydrogens is 262 g/mol. The Morgan fingerprint density at radius 2 is 2.16 bits per heavy atom. The average molecular weight is 277 g/mol. The number of nitrogens with zero attached hydrogens (tertiary/aromatic N) is 2. The Labute approximate surface area is 112 Å². The van der Waals surface area contributed by atoms with Gasteiger partial charge >= 0.3 is 0 Å². The normalized spacial score (nSPS) is 26.5. The summed E-state index contributed by atoms with van der Waals surface area (Å²) in [6.45, 7) is 0.604. The Bertz CT molecular complexity index is 663. The molecule has 1 saturated heterocycles. The molecule has 2 unspecified atom stereocenters. The predicted octanol–water partition coefficient (Wildman–Crippen LogP) is 1.31. The highest BCUT2D eigenvalue weighted by Gasteiger charge is 2.44. The Morgan fingerprint density at radius 1 is 1.37 bits per heavy atom. The summed E-state index contributed by atoms with van der Waals surface area (Å²) in [7, 11) is -3.53. The molecule has 3 rings (SSSR count). The molecule has 6 heteroatoms. The highest BCUT2D eigenvalue weighted by molar-refractivity contribution is 7.89. The van der Waals surface area contributed by atoms with Crippen LogP contribution in [0.5, 0.6) is 0 Å². The molecule has 0 amide bonds. The van der Waals surface area contributed by atoms with Crippen LogP contribution in [0.1, 0.15) is 24.8 Å². The first-order chi connectivity index (χ1) is 9.02. The van der Waals surface area contributed by atoms with Crippen LogP contribution in [0.3, 0.4) is 0 Å². The van der Waals surface area contributed by atoms with Gasteiger partial charge in [-0.25, -0.2) is 8.42 Å². The van der Waals surface area contributed by atoms with Crippen molar-refractivity contribution in [3.8, 4) is 6.07 Å². The summed E-state index contributed by atoms with van der Waals surface area (Å²) in [5.74, 6) is 0.499. The Balaban J connectivity index is 1.99. The number of benzene rings is 1. The molecule has 1 saturated carbocycles. The number of nitriles is 1. The molecule has 1 aromatic carbocycles. The van der Waals surface area contributed by atoms with Crippen molar-refractivity contribution in [2.24, 2.45) is 5.92 Å². The molecule has 2 fully saturated rings. The van der Waals surface area contributed by atoms with E-state index in [0.717, 1.165) is 19.3 Å². The van der Waals surface area contributed by atoms with Crippen molar-refractivity contribution < 1.29 is 8.42 Å². The molecular formula is C13H15N3O2S. The minimum Gasteiger partial charge on any atom is -0.398 e. The van der Waals surface area contributed by atoms with Gasteiger partial charge in [0.15, 0.2) is 0 Å². The van der Waals surface area contributed by atoms with Crippen molar-refractivity contribution in [1.82, 2.24) is 4.31 Å². The van der Waals surface area contributed by atoms with Crippen LogP contribution < -0.4 is 5.73 Å². The van der Waals surface area contributed by atoms with E-state index in [9.17, 15) is 8.42 Å². The summed E-state index contributed by atoms with van der Waals surface area (Å²) in [6.07, 6.45) is 3.04. The van der Waals surface area contributed by atoms with Crippen molar-refractivity contribution in [3.63, 3.8) is 0 Å². The van der Waals surface area contributed by atoms with E-state index < -0.39 is 10.0 Å². The second kappa shape index (κ2) is 4.22. The number of piperidine rings is 1. The van der Waals surface area contributed by atoms with Crippen LogP contribution in [-0.2, 0) is 10.0 Å². The number of anilines is 1. The van der Waals surface area contributed by atoms with Crippen molar-refractivity contribution >= 4 is 15.7 Å². The molecule has 0 aromatic heterocycles. The van der Waals surface area contributed by atoms with E-state index in [2.05, 4.69) is 0 Å². The van der Waals surface area contributed by atoms with E-state index in [1.807, 2.05) is 6.07 Å². The van der Waals surface area contributed by atoms with E-state index in [4.69, 9.17) is 11.0 Å². The highest BCUT2D eigenvalue weighted by atomic mass is 32.2. The molecule has 2 N–H and O–H groups in total. The van der Waals surface area contributed by atoms with Crippen LogP contribution >= 0.6 is 0 Å². The van der Waals surface area contributed by atoms with Gasteiger partial charge < -0.3 is 5.73 Å². The number of nitrogen functional groups attached to an aromatic ring is 1. The van der Waals surface area contributed by atoms with Gasteiger partial charge in [0.1, 0.15) is 4.90 Å². The molecule has 1 heterocycles. The first kappa shape index (κ1) is 12.5. The summed E-state index contributed by atoms with van der Waals surface area (Å²) >= 11 is 0. The van der Waals surface area contributed by atoms with Gasteiger partial charge in [-0.05, 0) is 43.4 Å². The molecule has 1 aliphatic carbocycles. The SMILES string of the molecule is N#Cc1ccc(S(=O)(=O)N2CC3CCC2C3)c(N)c1. The fraction of sp³-hybridized carbons (Fsp3) is 0.462. The first-order valence-corrected chi connectivity index (χ1v) is 7.78. The summed E-state index contributed by atoms with van der Waals surface area (Å²) in [5.41, 5.74) is 6.32. The molecule has 1 aromatic rings. The molecule has 2 atom stereocenters. The van der Waals surface area contributed by atoms with E-state index >= 15 is 0 Å². The molecule has 0 spiro atoms. The van der Waals surface area contributed by atoms with Gasteiger partial charge in [0.2, 0.25) is 10.0 Å². The van der Waals surface area contributed by atoms with Crippen LogP contribution in [0, 0.1) is 17.2 Å². The van der Waals surface area contributed by atoms with E-state index in [1.165, 1.54) is 18.2 Å². The summed E-state index contributed by atoms with van der Waals surface area (Å²) in [4.78, 5) is 0.124. The van der Waals surface area contributed by atoms with E-state index in [-0.39, 0.29) is 16.6 Å². The highest BCUT2D eigenvalue weighted by Crippen LogP contribution is 2.41. The third-order valence-electron chi connectivity index (χ3n) is 4.08. The molecule has 2 bridgehead atoms. The fourth-order valence-electron chi connectivity index (χ4n) is 3.15. The third kappa shape index (κ3) is 1.90. The molecule has 5 nitrogen and oxygen atoms in total. The molecule has 1 aliphatic heterocycles. The van der Waals surface area contributed by atoms with Gasteiger partial charge in [-0.1, -0.05) is 0 Å². The van der Waals surface area contributed by atoms with Crippen molar-refractivity contribution in [2.45, 2.75) is 30.2 Å². The summed E-state index contributed by atoms with van der Waals surface area (Å²) in [6, 6.07) is 6.44. The Kier molecular flexibility index (Phi) is 2.77. The zero-order chi connectivity index (χ0) is 13.6. The lowest BCUT2D eigenvalue weighted by Crippen LogP contribution is -2.37. The number of hydrogen-bond acceptors (Lipinski definition) is 4. The molecule has 0 radical (unpaired) electrons. The Hall–Kier alpha value is -1.58. The van der Waals surface area contributed by atoms with Crippen LogP contribution in [0.15, 0.2) is 23.1 Å². The smallest absolute Gasteiger partial charge is 0.245 e. The topological polar surface area (TPSA) is 87.2 Å². The van der Waals surface area contributed by atoms with Crippen molar-refractivity contribution in [2.75, 3.05) is 12.3 Å². The number of fused-ring (bicyclic) bond motifs is 2. The second-order valence-corrected chi connectivity index (χ2v) is 7.13. The number of rotatable bonds is 2. The third-order valence-corrected chi connectivity index (χ3v) is 6.08. The molecule has 19 heavy (non-hydrogen) atoms. The van der Waals surface area contributed by atoms with E-state index in [0.29, 0.717) is 18.0 Å². The van der Waals surface area contributed by atoms with Crippen LogP contribution in [0.4, 0.5) is 5.69 Å². The van der Waals surface area contributed by atoms with Crippen LogP contribution in [0.25, 0.3) is 0 Å².